The number of hydrogen-bond acceptors (Lipinski definition) is 4. The topological polar surface area (TPSA) is 38.8 Å². The van der Waals surface area contributed by atoms with Crippen molar-refractivity contribution < 1.29 is 4.79 Å². The maximum atomic E-state index is 12.0. The second-order valence-electron chi connectivity index (χ2n) is 5.59. The molecule has 0 radical (unpaired) electrons. The standard InChI is InChI=1S/C13H26N4O/c1-15(2)12-3-7-16(11-12)8-4-13(18)17-9-5-14-6-10-17/h12,14H,3-11H2,1-2H3. The molecule has 0 aromatic heterocycles. The molecule has 0 aromatic rings. The fourth-order valence-corrected chi connectivity index (χ4v) is 2.76. The maximum absolute atomic E-state index is 12.0. The molecule has 0 aliphatic carbocycles. The van der Waals surface area contributed by atoms with Gasteiger partial charge in [0, 0.05) is 51.7 Å². The minimum Gasteiger partial charge on any atom is -0.340 e. The number of likely N-dealkylation sites (tertiary alicyclic amines) is 1. The highest BCUT2D eigenvalue weighted by molar-refractivity contribution is 5.76. The molecule has 5 nitrogen and oxygen atoms in total. The van der Waals surface area contributed by atoms with E-state index >= 15 is 0 Å². The Balaban J connectivity index is 1.67. The van der Waals surface area contributed by atoms with Gasteiger partial charge >= 0.3 is 0 Å². The molecule has 2 aliphatic heterocycles. The predicted octanol–water partition coefficient (Wildman–Crippen LogP) is -0.556. The molecular formula is C13H26N4O. The van der Waals surface area contributed by atoms with E-state index in [1.54, 1.807) is 0 Å². The van der Waals surface area contributed by atoms with Crippen LogP contribution in [0.2, 0.25) is 0 Å². The van der Waals surface area contributed by atoms with E-state index in [1.807, 2.05) is 4.90 Å². The van der Waals surface area contributed by atoms with Crippen molar-refractivity contribution in [1.29, 1.82) is 0 Å². The van der Waals surface area contributed by atoms with Gasteiger partial charge in [0.1, 0.15) is 0 Å². The Morgan fingerprint density at radius 2 is 2.00 bits per heavy atom. The SMILES string of the molecule is CN(C)C1CCN(CCC(=O)N2CCNCC2)C1. The molecule has 2 rings (SSSR count). The third-order valence-corrected chi connectivity index (χ3v) is 4.09. The van der Waals surface area contributed by atoms with Gasteiger partial charge in [0.25, 0.3) is 0 Å². The number of carbonyl (C=O) groups excluding carboxylic acids is 1. The van der Waals surface area contributed by atoms with Crippen LogP contribution in [0.15, 0.2) is 0 Å². The van der Waals surface area contributed by atoms with Crippen LogP contribution in [0.1, 0.15) is 12.8 Å². The summed E-state index contributed by atoms with van der Waals surface area (Å²) in [5.74, 6) is 0.324. The lowest BCUT2D eigenvalue weighted by Crippen LogP contribution is -2.47. The van der Waals surface area contributed by atoms with E-state index in [-0.39, 0.29) is 0 Å². The Bertz CT molecular complexity index is 276. The van der Waals surface area contributed by atoms with Crippen LogP contribution in [-0.4, -0.2) is 86.6 Å². The molecule has 5 heteroatoms. The molecule has 0 saturated carbocycles. The van der Waals surface area contributed by atoms with Crippen LogP contribution >= 0.6 is 0 Å². The molecule has 2 aliphatic rings. The highest BCUT2D eigenvalue weighted by atomic mass is 16.2. The minimum absolute atomic E-state index is 0.324. The average Bonchev–Trinajstić information content (AvgIpc) is 2.86. The lowest BCUT2D eigenvalue weighted by atomic mass is 10.2. The highest BCUT2D eigenvalue weighted by Gasteiger charge is 2.24. The van der Waals surface area contributed by atoms with E-state index in [0.717, 1.165) is 45.8 Å². The summed E-state index contributed by atoms with van der Waals surface area (Å²) in [6.45, 7) is 6.81. The first kappa shape index (κ1) is 13.8. The van der Waals surface area contributed by atoms with Crippen LogP contribution in [-0.2, 0) is 4.79 Å². The maximum Gasteiger partial charge on any atom is 0.223 e. The number of nitrogens with one attached hydrogen (secondary N) is 1. The van der Waals surface area contributed by atoms with Crippen molar-refractivity contribution in [2.45, 2.75) is 18.9 Å². The summed E-state index contributed by atoms with van der Waals surface area (Å²) < 4.78 is 0. The Morgan fingerprint density at radius 3 is 2.61 bits per heavy atom. The summed E-state index contributed by atoms with van der Waals surface area (Å²) >= 11 is 0. The number of rotatable bonds is 4. The van der Waals surface area contributed by atoms with Gasteiger partial charge in [-0.1, -0.05) is 0 Å². The monoisotopic (exact) mass is 254 g/mol. The summed E-state index contributed by atoms with van der Waals surface area (Å²) in [7, 11) is 4.28. The Kier molecular flexibility index (Phi) is 4.97. The number of hydrogen-bond donors (Lipinski definition) is 1. The van der Waals surface area contributed by atoms with Crippen LogP contribution in [0.3, 0.4) is 0 Å². The second-order valence-corrected chi connectivity index (χ2v) is 5.59. The van der Waals surface area contributed by atoms with Gasteiger partial charge in [0.05, 0.1) is 0 Å². The highest BCUT2D eigenvalue weighted by Crippen LogP contribution is 2.13. The molecule has 1 unspecified atom stereocenters. The molecule has 2 saturated heterocycles. The number of likely N-dealkylation sites (N-methyl/N-ethyl adjacent to an activating group) is 1. The molecule has 18 heavy (non-hydrogen) atoms. The molecule has 0 aromatic carbocycles. The number of nitrogens with zero attached hydrogens (tertiary/aromatic N) is 3. The van der Waals surface area contributed by atoms with Crippen molar-refractivity contribution in [2.75, 3.05) is 59.9 Å². The van der Waals surface area contributed by atoms with Gasteiger partial charge in [-0.05, 0) is 27.1 Å². The van der Waals surface area contributed by atoms with Gasteiger partial charge in [-0.25, -0.2) is 0 Å². The van der Waals surface area contributed by atoms with E-state index in [4.69, 9.17) is 0 Å². The molecule has 2 heterocycles. The molecule has 104 valence electrons. The summed E-state index contributed by atoms with van der Waals surface area (Å²) in [4.78, 5) is 18.7. The zero-order valence-corrected chi connectivity index (χ0v) is 11.7. The van der Waals surface area contributed by atoms with Gasteiger partial charge in [0.2, 0.25) is 5.91 Å². The first-order valence-electron chi connectivity index (χ1n) is 7.04. The fraction of sp³-hybridized carbons (Fsp3) is 0.923. The predicted molar refractivity (Wildman–Crippen MR) is 72.6 cm³/mol. The number of piperazine rings is 1. The molecule has 0 spiro atoms. The molecule has 1 amide bonds. The molecule has 2 fully saturated rings. The van der Waals surface area contributed by atoms with E-state index in [0.29, 0.717) is 18.4 Å². The zero-order chi connectivity index (χ0) is 13.0. The lowest BCUT2D eigenvalue weighted by molar-refractivity contribution is -0.132. The van der Waals surface area contributed by atoms with E-state index in [1.165, 1.54) is 6.42 Å². The van der Waals surface area contributed by atoms with Gasteiger partial charge < -0.3 is 20.0 Å². The summed E-state index contributed by atoms with van der Waals surface area (Å²) in [6, 6.07) is 0.666. The number of carbonyl (C=O) groups is 1. The second kappa shape index (κ2) is 6.50. The van der Waals surface area contributed by atoms with Crippen molar-refractivity contribution in [3.8, 4) is 0 Å². The first-order chi connectivity index (χ1) is 8.66. The third-order valence-electron chi connectivity index (χ3n) is 4.09. The van der Waals surface area contributed by atoms with E-state index in [2.05, 4.69) is 29.2 Å². The summed E-state index contributed by atoms with van der Waals surface area (Å²) in [5.41, 5.74) is 0. The minimum atomic E-state index is 0.324. The fourth-order valence-electron chi connectivity index (χ4n) is 2.76. The van der Waals surface area contributed by atoms with Gasteiger partial charge in [-0.2, -0.15) is 0 Å². The Labute approximate surface area is 110 Å². The van der Waals surface area contributed by atoms with Crippen molar-refractivity contribution in [3.63, 3.8) is 0 Å². The first-order valence-corrected chi connectivity index (χ1v) is 7.04. The van der Waals surface area contributed by atoms with Crippen LogP contribution < -0.4 is 5.32 Å². The Morgan fingerprint density at radius 1 is 1.28 bits per heavy atom. The van der Waals surface area contributed by atoms with Crippen molar-refractivity contribution in [1.82, 2.24) is 20.0 Å². The third kappa shape index (κ3) is 3.67. The quantitative estimate of drug-likeness (QED) is 0.730. The molecular weight excluding hydrogens is 228 g/mol. The van der Waals surface area contributed by atoms with Crippen molar-refractivity contribution in [2.24, 2.45) is 0 Å². The van der Waals surface area contributed by atoms with E-state index in [9.17, 15) is 4.79 Å². The van der Waals surface area contributed by atoms with Gasteiger partial charge in [-0.15, -0.1) is 0 Å². The Hall–Kier alpha value is -0.650. The van der Waals surface area contributed by atoms with Crippen LogP contribution in [0.4, 0.5) is 0 Å². The average molecular weight is 254 g/mol. The smallest absolute Gasteiger partial charge is 0.223 e. The largest absolute Gasteiger partial charge is 0.340 e. The van der Waals surface area contributed by atoms with E-state index < -0.39 is 0 Å². The molecule has 1 atom stereocenters. The van der Waals surface area contributed by atoms with Crippen molar-refractivity contribution in [3.05, 3.63) is 0 Å². The van der Waals surface area contributed by atoms with Crippen molar-refractivity contribution >= 4 is 5.91 Å². The van der Waals surface area contributed by atoms with Crippen LogP contribution in [0.5, 0.6) is 0 Å². The zero-order valence-electron chi connectivity index (χ0n) is 11.7. The molecule has 1 N–H and O–H groups in total. The lowest BCUT2D eigenvalue weighted by Gasteiger charge is -2.28. The summed E-state index contributed by atoms with van der Waals surface area (Å²) in [5, 5.41) is 3.28. The molecule has 0 bridgehead atoms. The summed E-state index contributed by atoms with van der Waals surface area (Å²) in [6.07, 6.45) is 1.91. The normalized spacial score (nSPS) is 25.9. The van der Waals surface area contributed by atoms with Crippen LogP contribution in [0.25, 0.3) is 0 Å². The number of amides is 1. The van der Waals surface area contributed by atoms with Gasteiger partial charge in [0.15, 0.2) is 0 Å². The van der Waals surface area contributed by atoms with Gasteiger partial charge in [-0.3, -0.25) is 4.79 Å². The van der Waals surface area contributed by atoms with Crippen LogP contribution in [0, 0.1) is 0 Å².